The zero-order valence-corrected chi connectivity index (χ0v) is 11.0. The standard InChI is InChI=1S/C14H25NO/c1-4-6-8-11-14(3,5-2)15-12-9-7-10-13(15)16/h7,10H,4-6,8-9,11-12H2,1-3H3. The fraction of sp³-hybridized carbons (Fsp3) is 0.786. The van der Waals surface area contributed by atoms with Crippen LogP contribution in [0.3, 0.4) is 0 Å². The number of carbonyl (C=O) groups is 1. The van der Waals surface area contributed by atoms with E-state index in [1.54, 1.807) is 6.08 Å². The zero-order chi connectivity index (χ0) is 12.0. The van der Waals surface area contributed by atoms with Gasteiger partial charge < -0.3 is 4.90 Å². The number of hydrogen-bond donors (Lipinski definition) is 0. The van der Waals surface area contributed by atoms with Crippen molar-refractivity contribution in [1.29, 1.82) is 0 Å². The molecule has 0 aromatic rings. The van der Waals surface area contributed by atoms with Crippen LogP contribution in [0, 0.1) is 0 Å². The predicted molar refractivity (Wildman–Crippen MR) is 68.3 cm³/mol. The molecule has 1 aliphatic rings. The second-order valence-corrected chi connectivity index (χ2v) is 4.99. The van der Waals surface area contributed by atoms with Crippen molar-refractivity contribution in [3.05, 3.63) is 12.2 Å². The first kappa shape index (κ1) is 13.3. The van der Waals surface area contributed by atoms with Crippen LogP contribution in [-0.2, 0) is 4.79 Å². The molecule has 92 valence electrons. The van der Waals surface area contributed by atoms with E-state index in [4.69, 9.17) is 0 Å². The lowest BCUT2D eigenvalue weighted by molar-refractivity contribution is -0.132. The highest BCUT2D eigenvalue weighted by Gasteiger charge is 2.32. The summed E-state index contributed by atoms with van der Waals surface area (Å²) >= 11 is 0. The van der Waals surface area contributed by atoms with E-state index in [-0.39, 0.29) is 11.4 Å². The second kappa shape index (κ2) is 6.07. The Morgan fingerprint density at radius 3 is 2.69 bits per heavy atom. The quantitative estimate of drug-likeness (QED) is 0.631. The number of amides is 1. The van der Waals surface area contributed by atoms with Crippen LogP contribution in [0.25, 0.3) is 0 Å². The van der Waals surface area contributed by atoms with Crippen molar-refractivity contribution in [3.63, 3.8) is 0 Å². The monoisotopic (exact) mass is 223 g/mol. The molecule has 0 spiro atoms. The highest BCUT2D eigenvalue weighted by Crippen LogP contribution is 2.28. The van der Waals surface area contributed by atoms with Gasteiger partial charge in [-0.15, -0.1) is 0 Å². The summed E-state index contributed by atoms with van der Waals surface area (Å²) in [5.41, 5.74) is 0.0665. The smallest absolute Gasteiger partial charge is 0.246 e. The Labute approximate surface area is 99.7 Å². The van der Waals surface area contributed by atoms with Gasteiger partial charge in [-0.3, -0.25) is 4.79 Å². The topological polar surface area (TPSA) is 20.3 Å². The number of hydrogen-bond acceptors (Lipinski definition) is 1. The SMILES string of the molecule is CCCCCC(C)(CC)N1CCC=CC1=O. The summed E-state index contributed by atoms with van der Waals surface area (Å²) in [5, 5.41) is 0. The van der Waals surface area contributed by atoms with Gasteiger partial charge in [0.25, 0.3) is 0 Å². The fourth-order valence-electron chi connectivity index (χ4n) is 2.38. The maximum absolute atomic E-state index is 11.9. The van der Waals surface area contributed by atoms with Crippen molar-refractivity contribution in [2.75, 3.05) is 6.54 Å². The van der Waals surface area contributed by atoms with Crippen LogP contribution in [-0.4, -0.2) is 22.9 Å². The summed E-state index contributed by atoms with van der Waals surface area (Å²) in [5.74, 6) is 0.201. The van der Waals surface area contributed by atoms with Crippen LogP contribution in [0.4, 0.5) is 0 Å². The van der Waals surface area contributed by atoms with Gasteiger partial charge in [0.15, 0.2) is 0 Å². The summed E-state index contributed by atoms with van der Waals surface area (Å²) < 4.78 is 0. The zero-order valence-electron chi connectivity index (χ0n) is 11.0. The van der Waals surface area contributed by atoms with E-state index in [0.29, 0.717) is 0 Å². The van der Waals surface area contributed by atoms with Crippen molar-refractivity contribution in [3.8, 4) is 0 Å². The second-order valence-electron chi connectivity index (χ2n) is 4.99. The maximum atomic E-state index is 11.9. The lowest BCUT2D eigenvalue weighted by atomic mass is 9.88. The van der Waals surface area contributed by atoms with Crippen molar-refractivity contribution < 1.29 is 4.79 Å². The largest absolute Gasteiger partial charge is 0.333 e. The molecule has 0 saturated carbocycles. The van der Waals surface area contributed by atoms with Crippen molar-refractivity contribution >= 4 is 5.91 Å². The molecule has 1 aliphatic heterocycles. The molecule has 0 bridgehead atoms. The predicted octanol–water partition coefficient (Wildman–Crippen LogP) is 3.52. The van der Waals surface area contributed by atoms with Crippen molar-refractivity contribution in [1.82, 2.24) is 4.90 Å². The van der Waals surface area contributed by atoms with Gasteiger partial charge in [-0.25, -0.2) is 0 Å². The first-order valence-electron chi connectivity index (χ1n) is 6.62. The lowest BCUT2D eigenvalue weighted by Gasteiger charge is -2.42. The molecule has 0 N–H and O–H groups in total. The molecular weight excluding hydrogens is 198 g/mol. The number of carbonyl (C=O) groups excluding carboxylic acids is 1. The molecular formula is C14H25NO. The minimum absolute atomic E-state index is 0.0665. The summed E-state index contributed by atoms with van der Waals surface area (Å²) in [4.78, 5) is 13.9. The van der Waals surface area contributed by atoms with Crippen LogP contribution in [0.5, 0.6) is 0 Å². The normalized spacial score (nSPS) is 19.9. The van der Waals surface area contributed by atoms with E-state index >= 15 is 0 Å². The fourth-order valence-corrected chi connectivity index (χ4v) is 2.38. The van der Waals surface area contributed by atoms with Gasteiger partial charge in [0, 0.05) is 12.1 Å². The third kappa shape index (κ3) is 3.10. The van der Waals surface area contributed by atoms with Crippen molar-refractivity contribution in [2.24, 2.45) is 0 Å². The Hall–Kier alpha value is -0.790. The average molecular weight is 223 g/mol. The first-order valence-corrected chi connectivity index (χ1v) is 6.62. The molecule has 2 heteroatoms. The third-order valence-electron chi connectivity index (χ3n) is 3.78. The molecule has 1 atom stereocenters. The molecule has 0 aliphatic carbocycles. The Bertz CT molecular complexity index is 259. The average Bonchev–Trinajstić information content (AvgIpc) is 2.30. The summed E-state index contributed by atoms with van der Waals surface area (Å²) in [6.45, 7) is 7.54. The Morgan fingerprint density at radius 1 is 1.38 bits per heavy atom. The number of nitrogens with zero attached hydrogens (tertiary/aromatic N) is 1. The highest BCUT2D eigenvalue weighted by molar-refractivity contribution is 5.88. The molecule has 0 aromatic carbocycles. The van der Waals surface area contributed by atoms with Gasteiger partial charge in [0.05, 0.1) is 0 Å². The molecule has 16 heavy (non-hydrogen) atoms. The van der Waals surface area contributed by atoms with Gasteiger partial charge in [-0.05, 0) is 32.3 Å². The van der Waals surface area contributed by atoms with E-state index in [1.165, 1.54) is 19.3 Å². The van der Waals surface area contributed by atoms with E-state index in [9.17, 15) is 4.79 Å². The van der Waals surface area contributed by atoms with Crippen LogP contribution < -0.4 is 0 Å². The Morgan fingerprint density at radius 2 is 2.12 bits per heavy atom. The van der Waals surface area contributed by atoms with E-state index in [0.717, 1.165) is 25.8 Å². The van der Waals surface area contributed by atoms with Crippen LogP contribution >= 0.6 is 0 Å². The van der Waals surface area contributed by atoms with Crippen LogP contribution in [0.1, 0.15) is 59.3 Å². The molecule has 1 rings (SSSR count). The van der Waals surface area contributed by atoms with Crippen LogP contribution in [0.15, 0.2) is 12.2 Å². The summed E-state index contributed by atoms with van der Waals surface area (Å²) in [6.07, 6.45) is 10.7. The van der Waals surface area contributed by atoms with Gasteiger partial charge in [0.1, 0.15) is 0 Å². The van der Waals surface area contributed by atoms with Gasteiger partial charge in [0.2, 0.25) is 5.91 Å². The third-order valence-corrected chi connectivity index (χ3v) is 3.78. The van der Waals surface area contributed by atoms with E-state index in [1.807, 2.05) is 6.08 Å². The Kier molecular flexibility index (Phi) is 5.04. The van der Waals surface area contributed by atoms with E-state index in [2.05, 4.69) is 25.7 Å². The molecule has 0 fully saturated rings. The van der Waals surface area contributed by atoms with Gasteiger partial charge in [-0.1, -0.05) is 39.2 Å². The molecule has 2 nitrogen and oxygen atoms in total. The summed E-state index contributed by atoms with van der Waals surface area (Å²) in [7, 11) is 0. The molecule has 1 unspecified atom stereocenters. The molecule has 0 saturated heterocycles. The molecule has 0 radical (unpaired) electrons. The Balaban J connectivity index is 2.63. The van der Waals surface area contributed by atoms with Gasteiger partial charge >= 0.3 is 0 Å². The van der Waals surface area contributed by atoms with E-state index < -0.39 is 0 Å². The minimum atomic E-state index is 0.0665. The molecule has 1 heterocycles. The highest BCUT2D eigenvalue weighted by atomic mass is 16.2. The maximum Gasteiger partial charge on any atom is 0.246 e. The first-order chi connectivity index (χ1) is 7.64. The van der Waals surface area contributed by atoms with Crippen LogP contribution in [0.2, 0.25) is 0 Å². The minimum Gasteiger partial charge on any atom is -0.333 e. The van der Waals surface area contributed by atoms with Gasteiger partial charge in [-0.2, -0.15) is 0 Å². The number of rotatable bonds is 6. The molecule has 0 aromatic heterocycles. The molecule has 1 amide bonds. The number of unbranched alkanes of at least 4 members (excludes halogenated alkanes) is 2. The van der Waals surface area contributed by atoms with Crippen molar-refractivity contribution in [2.45, 2.75) is 64.8 Å². The summed E-state index contributed by atoms with van der Waals surface area (Å²) in [6, 6.07) is 0. The lowest BCUT2D eigenvalue weighted by Crippen LogP contribution is -2.50.